The lowest BCUT2D eigenvalue weighted by Crippen LogP contribution is -2.40. The molecule has 4 rings (SSSR count). The lowest BCUT2D eigenvalue weighted by atomic mass is 10.1. The van der Waals surface area contributed by atoms with Gasteiger partial charge in [0.1, 0.15) is 5.71 Å². The topological polar surface area (TPSA) is 79.3 Å². The summed E-state index contributed by atoms with van der Waals surface area (Å²) in [5.41, 5.74) is 2.54. The fraction of sp³-hybridized carbons (Fsp3) is 0.333. The van der Waals surface area contributed by atoms with Crippen molar-refractivity contribution in [2.45, 2.75) is 24.8 Å². The summed E-state index contributed by atoms with van der Waals surface area (Å²) in [5, 5.41) is 0. The SMILES string of the molecule is CC(C)N1C(=O)C(=Nc2ccc(S(=O)(=O)N3CCOCC3)cc2)c2ccccc21. The van der Waals surface area contributed by atoms with Crippen molar-refractivity contribution in [2.75, 3.05) is 31.2 Å². The van der Waals surface area contributed by atoms with Crippen molar-refractivity contribution in [3.8, 4) is 0 Å². The van der Waals surface area contributed by atoms with Gasteiger partial charge in [-0.15, -0.1) is 0 Å². The van der Waals surface area contributed by atoms with E-state index in [1.807, 2.05) is 38.1 Å². The number of carbonyl (C=O) groups excluding carboxylic acids is 1. The molecule has 152 valence electrons. The zero-order valence-electron chi connectivity index (χ0n) is 16.4. The van der Waals surface area contributed by atoms with Gasteiger partial charge >= 0.3 is 0 Å². The van der Waals surface area contributed by atoms with Gasteiger partial charge < -0.3 is 9.64 Å². The number of hydrogen-bond donors (Lipinski definition) is 0. The van der Waals surface area contributed by atoms with E-state index in [2.05, 4.69) is 4.99 Å². The van der Waals surface area contributed by atoms with Crippen molar-refractivity contribution in [1.82, 2.24) is 4.31 Å². The van der Waals surface area contributed by atoms with Gasteiger partial charge in [0.05, 0.1) is 29.5 Å². The third-order valence-corrected chi connectivity index (χ3v) is 6.95. The highest BCUT2D eigenvalue weighted by atomic mass is 32.2. The van der Waals surface area contributed by atoms with Crippen LogP contribution in [0.5, 0.6) is 0 Å². The molecule has 2 aliphatic rings. The van der Waals surface area contributed by atoms with E-state index in [9.17, 15) is 13.2 Å². The summed E-state index contributed by atoms with van der Waals surface area (Å²) in [6.45, 7) is 5.43. The molecule has 0 radical (unpaired) electrons. The van der Waals surface area contributed by atoms with Crippen LogP contribution >= 0.6 is 0 Å². The standard InChI is InChI=1S/C21H23N3O4S/c1-15(2)24-19-6-4-3-5-18(19)20(21(24)25)22-16-7-9-17(10-8-16)29(26,27)23-11-13-28-14-12-23/h3-10,15H,11-14H2,1-2H3. The number of aliphatic imine (C=N–C) groups is 1. The average molecular weight is 413 g/mol. The third kappa shape index (κ3) is 3.59. The van der Waals surface area contributed by atoms with Crippen LogP contribution in [0.15, 0.2) is 58.4 Å². The number of morpholine rings is 1. The van der Waals surface area contributed by atoms with E-state index in [4.69, 9.17) is 4.74 Å². The van der Waals surface area contributed by atoms with Crippen LogP contribution in [0.3, 0.4) is 0 Å². The zero-order chi connectivity index (χ0) is 20.6. The third-order valence-electron chi connectivity index (χ3n) is 5.04. The Bertz CT molecular complexity index is 1060. The van der Waals surface area contributed by atoms with Crippen LogP contribution in [0.1, 0.15) is 19.4 Å². The Hall–Kier alpha value is -2.55. The first-order valence-corrected chi connectivity index (χ1v) is 11.0. The first-order valence-electron chi connectivity index (χ1n) is 9.59. The van der Waals surface area contributed by atoms with Crippen molar-refractivity contribution in [2.24, 2.45) is 4.99 Å². The van der Waals surface area contributed by atoms with Gasteiger partial charge in [-0.05, 0) is 44.2 Å². The Kier molecular flexibility index (Phi) is 5.24. The van der Waals surface area contributed by atoms with E-state index >= 15 is 0 Å². The summed E-state index contributed by atoms with van der Waals surface area (Å²) in [7, 11) is -3.56. The fourth-order valence-corrected chi connectivity index (χ4v) is 5.01. The maximum absolute atomic E-state index is 12.9. The molecule has 7 nitrogen and oxygen atoms in total. The molecule has 8 heteroatoms. The van der Waals surface area contributed by atoms with Gasteiger partial charge in [0.25, 0.3) is 5.91 Å². The summed E-state index contributed by atoms with van der Waals surface area (Å²) >= 11 is 0. The van der Waals surface area contributed by atoms with Crippen LogP contribution < -0.4 is 4.90 Å². The van der Waals surface area contributed by atoms with Gasteiger partial charge in [-0.3, -0.25) is 4.79 Å². The molecule has 2 aromatic carbocycles. The Balaban J connectivity index is 1.65. The molecule has 0 atom stereocenters. The molecule has 1 fully saturated rings. The number of carbonyl (C=O) groups is 1. The van der Waals surface area contributed by atoms with E-state index in [-0.39, 0.29) is 16.8 Å². The van der Waals surface area contributed by atoms with Gasteiger partial charge in [-0.2, -0.15) is 4.31 Å². The normalized spacial score (nSPS) is 19.2. The molecule has 1 saturated heterocycles. The molecular weight excluding hydrogens is 390 g/mol. The first kappa shape index (κ1) is 19.8. The summed E-state index contributed by atoms with van der Waals surface area (Å²) < 4.78 is 32.2. The molecule has 2 aliphatic heterocycles. The molecule has 2 aromatic rings. The molecule has 0 aromatic heterocycles. The minimum atomic E-state index is -3.56. The number of amides is 1. The maximum Gasteiger partial charge on any atom is 0.277 e. The minimum Gasteiger partial charge on any atom is -0.379 e. The van der Waals surface area contributed by atoms with E-state index < -0.39 is 10.0 Å². The van der Waals surface area contributed by atoms with Crippen molar-refractivity contribution in [3.63, 3.8) is 0 Å². The average Bonchev–Trinajstić information content (AvgIpc) is 3.01. The molecule has 0 bridgehead atoms. The number of para-hydroxylation sites is 1. The van der Waals surface area contributed by atoms with Crippen LogP contribution in [0.2, 0.25) is 0 Å². The minimum absolute atomic E-state index is 0.0115. The molecular formula is C21H23N3O4S. The monoisotopic (exact) mass is 413 g/mol. The van der Waals surface area contributed by atoms with Gasteiger partial charge in [0, 0.05) is 24.7 Å². The summed E-state index contributed by atoms with van der Waals surface area (Å²) in [4.78, 5) is 19.4. The molecule has 1 amide bonds. The molecule has 0 unspecified atom stereocenters. The van der Waals surface area contributed by atoms with Crippen molar-refractivity contribution >= 4 is 33.0 Å². The van der Waals surface area contributed by atoms with E-state index in [1.54, 1.807) is 17.0 Å². The van der Waals surface area contributed by atoms with E-state index in [1.165, 1.54) is 16.4 Å². The highest BCUT2D eigenvalue weighted by Gasteiger charge is 2.35. The number of benzene rings is 2. The number of nitrogens with zero attached hydrogens (tertiary/aromatic N) is 3. The molecule has 29 heavy (non-hydrogen) atoms. The molecule has 0 N–H and O–H groups in total. The number of hydrogen-bond acceptors (Lipinski definition) is 5. The van der Waals surface area contributed by atoms with Crippen LogP contribution in [0.4, 0.5) is 11.4 Å². The first-order chi connectivity index (χ1) is 13.9. The molecule has 0 spiro atoms. The quantitative estimate of drug-likeness (QED) is 0.772. The second-order valence-corrected chi connectivity index (χ2v) is 9.19. The predicted octanol–water partition coefficient (Wildman–Crippen LogP) is 2.58. The lowest BCUT2D eigenvalue weighted by molar-refractivity contribution is -0.112. The number of sulfonamides is 1. The molecule has 2 heterocycles. The fourth-order valence-electron chi connectivity index (χ4n) is 3.60. The van der Waals surface area contributed by atoms with Gasteiger partial charge in [0.15, 0.2) is 0 Å². The van der Waals surface area contributed by atoms with E-state index in [0.29, 0.717) is 37.7 Å². The summed E-state index contributed by atoms with van der Waals surface area (Å²) in [6.07, 6.45) is 0. The highest BCUT2D eigenvalue weighted by molar-refractivity contribution is 7.89. The smallest absolute Gasteiger partial charge is 0.277 e. The Morgan fingerprint density at radius 1 is 1.00 bits per heavy atom. The predicted molar refractivity (Wildman–Crippen MR) is 111 cm³/mol. The van der Waals surface area contributed by atoms with Crippen molar-refractivity contribution < 1.29 is 17.9 Å². The molecule has 0 saturated carbocycles. The summed E-state index contributed by atoms with van der Waals surface area (Å²) in [6, 6.07) is 13.9. The van der Waals surface area contributed by atoms with Gasteiger partial charge in [-0.25, -0.2) is 13.4 Å². The number of rotatable bonds is 4. The number of ether oxygens (including phenoxy) is 1. The maximum atomic E-state index is 12.9. The highest BCUT2D eigenvalue weighted by Crippen LogP contribution is 2.32. The van der Waals surface area contributed by atoms with Crippen LogP contribution in [-0.2, 0) is 19.6 Å². The van der Waals surface area contributed by atoms with Gasteiger partial charge in [-0.1, -0.05) is 18.2 Å². The zero-order valence-corrected chi connectivity index (χ0v) is 17.2. The lowest BCUT2D eigenvalue weighted by Gasteiger charge is -2.26. The number of fused-ring (bicyclic) bond motifs is 1. The number of anilines is 1. The van der Waals surface area contributed by atoms with Gasteiger partial charge in [0.2, 0.25) is 10.0 Å². The second kappa shape index (κ2) is 7.70. The van der Waals surface area contributed by atoms with Crippen molar-refractivity contribution in [1.29, 1.82) is 0 Å². The van der Waals surface area contributed by atoms with Crippen LogP contribution in [0.25, 0.3) is 0 Å². The Morgan fingerprint density at radius 2 is 1.66 bits per heavy atom. The Labute approximate surface area is 170 Å². The molecule has 0 aliphatic carbocycles. The van der Waals surface area contributed by atoms with Crippen molar-refractivity contribution in [3.05, 3.63) is 54.1 Å². The second-order valence-electron chi connectivity index (χ2n) is 7.26. The summed E-state index contributed by atoms with van der Waals surface area (Å²) in [5.74, 6) is -0.147. The van der Waals surface area contributed by atoms with E-state index in [0.717, 1.165) is 11.3 Å². The van der Waals surface area contributed by atoms with Crippen LogP contribution in [-0.4, -0.2) is 56.7 Å². The van der Waals surface area contributed by atoms with Crippen LogP contribution in [0, 0.1) is 0 Å². The Morgan fingerprint density at radius 3 is 2.31 bits per heavy atom. The largest absolute Gasteiger partial charge is 0.379 e.